The van der Waals surface area contributed by atoms with Gasteiger partial charge in [-0.25, -0.2) is 8.42 Å². The van der Waals surface area contributed by atoms with Crippen molar-refractivity contribution in [3.05, 3.63) is 18.2 Å². The van der Waals surface area contributed by atoms with Crippen LogP contribution in [0.5, 0.6) is 11.5 Å². The molecule has 34 heavy (non-hydrogen) atoms. The number of hydrazine groups is 1. The average Bonchev–Trinajstić information content (AvgIpc) is 3.32. The molecule has 7 rings (SSSR count). The van der Waals surface area contributed by atoms with E-state index in [4.69, 9.17) is 9.47 Å². The number of amides is 2. The second-order valence-corrected chi connectivity index (χ2v) is 12.6. The van der Waals surface area contributed by atoms with Gasteiger partial charge in [0.05, 0.1) is 10.3 Å². The molecule has 4 bridgehead atoms. The van der Waals surface area contributed by atoms with Gasteiger partial charge in [0.1, 0.15) is 19.3 Å². The maximum atomic E-state index is 13.4. The van der Waals surface area contributed by atoms with E-state index in [1.54, 1.807) is 6.07 Å². The zero-order chi connectivity index (χ0) is 23.5. The minimum Gasteiger partial charge on any atom is -0.486 e. The first-order valence-corrected chi connectivity index (χ1v) is 13.8. The van der Waals surface area contributed by atoms with E-state index >= 15 is 0 Å². The van der Waals surface area contributed by atoms with Crippen LogP contribution in [0.2, 0.25) is 0 Å². The Morgan fingerprint density at radius 3 is 2.26 bits per heavy atom. The van der Waals surface area contributed by atoms with Crippen LogP contribution in [0.3, 0.4) is 0 Å². The van der Waals surface area contributed by atoms with Gasteiger partial charge in [0.2, 0.25) is 15.9 Å². The Hall–Kier alpha value is -2.33. The van der Waals surface area contributed by atoms with Gasteiger partial charge in [0, 0.05) is 12.6 Å². The van der Waals surface area contributed by atoms with Crippen molar-refractivity contribution in [2.24, 2.45) is 23.2 Å². The van der Waals surface area contributed by atoms with Crippen LogP contribution in [-0.4, -0.2) is 50.3 Å². The van der Waals surface area contributed by atoms with Gasteiger partial charge in [-0.3, -0.25) is 20.4 Å². The Morgan fingerprint density at radius 2 is 1.59 bits per heavy atom. The largest absolute Gasteiger partial charge is 0.486 e. The van der Waals surface area contributed by atoms with Gasteiger partial charge in [-0.1, -0.05) is 0 Å². The molecule has 0 spiro atoms. The van der Waals surface area contributed by atoms with Crippen LogP contribution in [0, 0.1) is 23.2 Å². The molecule has 1 unspecified atom stereocenters. The van der Waals surface area contributed by atoms with Crippen molar-refractivity contribution in [1.29, 1.82) is 0 Å². The predicted molar refractivity (Wildman–Crippen MR) is 121 cm³/mol. The molecule has 2 N–H and O–H groups in total. The van der Waals surface area contributed by atoms with E-state index in [1.807, 2.05) is 0 Å². The number of fused-ring (bicyclic) bond motifs is 1. The molecule has 4 saturated carbocycles. The van der Waals surface area contributed by atoms with Crippen LogP contribution in [0.15, 0.2) is 23.1 Å². The molecule has 5 fully saturated rings. The van der Waals surface area contributed by atoms with Crippen molar-refractivity contribution in [3.8, 4) is 11.5 Å². The molecule has 1 saturated heterocycles. The summed E-state index contributed by atoms with van der Waals surface area (Å²) in [5.41, 5.74) is 4.86. The number of benzene rings is 1. The summed E-state index contributed by atoms with van der Waals surface area (Å²) in [6.45, 7) is 1.02. The lowest BCUT2D eigenvalue weighted by atomic mass is 9.49. The van der Waals surface area contributed by atoms with Gasteiger partial charge < -0.3 is 9.47 Å². The highest BCUT2D eigenvalue weighted by molar-refractivity contribution is 7.89. The number of carbonyl (C=O) groups is 2. The Labute approximate surface area is 199 Å². The smallest absolute Gasteiger partial charge is 0.256 e. The summed E-state index contributed by atoms with van der Waals surface area (Å²) < 4.78 is 39.0. The fourth-order valence-corrected chi connectivity index (χ4v) is 9.00. The van der Waals surface area contributed by atoms with E-state index in [0.717, 1.165) is 19.3 Å². The summed E-state index contributed by atoms with van der Waals surface area (Å²) in [5.74, 6) is 2.15. The van der Waals surface area contributed by atoms with Gasteiger partial charge in [-0.2, -0.15) is 4.31 Å². The van der Waals surface area contributed by atoms with E-state index in [2.05, 4.69) is 10.9 Å². The lowest BCUT2D eigenvalue weighted by molar-refractivity contribution is -0.149. The third-order valence-electron chi connectivity index (χ3n) is 8.45. The van der Waals surface area contributed by atoms with E-state index in [9.17, 15) is 18.0 Å². The van der Waals surface area contributed by atoms with Crippen LogP contribution < -0.4 is 20.3 Å². The fraction of sp³-hybridized carbons (Fsp3) is 0.667. The minimum atomic E-state index is -3.92. The molecule has 1 aromatic carbocycles. The number of rotatable bonds is 4. The molecule has 1 aromatic rings. The van der Waals surface area contributed by atoms with Crippen molar-refractivity contribution in [1.82, 2.24) is 15.2 Å². The van der Waals surface area contributed by atoms with Gasteiger partial charge >= 0.3 is 0 Å². The highest BCUT2D eigenvalue weighted by Crippen LogP contribution is 2.60. The quantitative estimate of drug-likeness (QED) is 0.625. The summed E-state index contributed by atoms with van der Waals surface area (Å²) in [5, 5.41) is 0. The summed E-state index contributed by atoms with van der Waals surface area (Å²) in [6.07, 6.45) is 7.36. The summed E-state index contributed by atoms with van der Waals surface area (Å²) in [6, 6.07) is 3.64. The zero-order valence-electron chi connectivity index (χ0n) is 19.1. The van der Waals surface area contributed by atoms with Crippen LogP contribution >= 0.6 is 0 Å². The molecule has 2 heterocycles. The molecule has 0 aromatic heterocycles. The Kier molecular flexibility index (Phi) is 5.29. The van der Waals surface area contributed by atoms with E-state index in [0.29, 0.717) is 55.3 Å². The highest BCUT2D eigenvalue weighted by atomic mass is 32.2. The number of hydrogen-bond acceptors (Lipinski definition) is 6. The standard InChI is InChI=1S/C24H31N3O6S/c28-22(25-26-23(29)24-12-15-8-16(13-24)10-17(9-15)14-24)19-2-1-5-27(19)34(30,31)18-3-4-20-21(11-18)33-7-6-32-20/h3-4,11,15-17,19H,1-2,5-10,12-14H2,(H,25,28)(H,26,29). The number of carbonyl (C=O) groups excluding carboxylic acids is 2. The fourth-order valence-electron chi connectivity index (χ4n) is 7.33. The normalized spacial score (nSPS) is 34.1. The van der Waals surface area contributed by atoms with Crippen LogP contribution in [-0.2, 0) is 19.6 Å². The van der Waals surface area contributed by atoms with E-state index in [1.165, 1.54) is 35.7 Å². The highest BCUT2D eigenvalue weighted by Gasteiger charge is 2.54. The monoisotopic (exact) mass is 489 g/mol. The second-order valence-electron chi connectivity index (χ2n) is 10.7. The number of nitrogens with zero attached hydrogens (tertiary/aromatic N) is 1. The summed E-state index contributed by atoms with van der Waals surface area (Å²) in [4.78, 5) is 26.3. The maximum Gasteiger partial charge on any atom is 0.256 e. The average molecular weight is 490 g/mol. The minimum absolute atomic E-state index is 0.0639. The predicted octanol–water partition coefficient (Wildman–Crippen LogP) is 1.97. The van der Waals surface area contributed by atoms with E-state index < -0.39 is 22.0 Å². The zero-order valence-corrected chi connectivity index (χ0v) is 19.9. The van der Waals surface area contributed by atoms with Crippen LogP contribution in [0.25, 0.3) is 0 Å². The third-order valence-corrected chi connectivity index (χ3v) is 10.3. The molecule has 4 aliphatic carbocycles. The molecule has 184 valence electrons. The van der Waals surface area contributed by atoms with E-state index in [-0.39, 0.29) is 22.8 Å². The molecule has 1 atom stereocenters. The number of nitrogens with one attached hydrogen (secondary N) is 2. The van der Waals surface area contributed by atoms with Crippen molar-refractivity contribution in [3.63, 3.8) is 0 Å². The molecule has 2 amide bonds. The van der Waals surface area contributed by atoms with Gasteiger partial charge in [0.15, 0.2) is 11.5 Å². The molecule has 10 heteroatoms. The number of hydrogen-bond donors (Lipinski definition) is 2. The topological polar surface area (TPSA) is 114 Å². The molecule has 2 aliphatic heterocycles. The first-order chi connectivity index (χ1) is 16.3. The molecular weight excluding hydrogens is 458 g/mol. The third kappa shape index (κ3) is 3.66. The van der Waals surface area contributed by atoms with Crippen molar-refractivity contribution in [2.45, 2.75) is 62.3 Å². The molecular formula is C24H31N3O6S. The van der Waals surface area contributed by atoms with Crippen molar-refractivity contribution in [2.75, 3.05) is 19.8 Å². The van der Waals surface area contributed by atoms with Crippen molar-refractivity contribution < 1.29 is 27.5 Å². The van der Waals surface area contributed by atoms with Crippen LogP contribution in [0.1, 0.15) is 51.4 Å². The SMILES string of the molecule is O=C(NNC(=O)C12CC3CC(CC(C3)C1)C2)C1CCCN1S(=O)(=O)c1ccc2c(c1)OCCO2. The lowest BCUT2D eigenvalue weighted by Crippen LogP contribution is -2.58. The van der Waals surface area contributed by atoms with Gasteiger partial charge in [0.25, 0.3) is 5.91 Å². The second kappa shape index (κ2) is 8.12. The summed E-state index contributed by atoms with van der Waals surface area (Å²) >= 11 is 0. The Morgan fingerprint density at radius 1 is 0.941 bits per heavy atom. The van der Waals surface area contributed by atoms with Crippen LogP contribution in [0.4, 0.5) is 0 Å². The molecule has 9 nitrogen and oxygen atoms in total. The first kappa shape index (κ1) is 22.2. The molecule has 0 radical (unpaired) electrons. The molecule has 6 aliphatic rings. The summed E-state index contributed by atoms with van der Waals surface area (Å²) in [7, 11) is -3.92. The van der Waals surface area contributed by atoms with Gasteiger partial charge in [-0.15, -0.1) is 0 Å². The number of sulfonamides is 1. The number of ether oxygens (including phenoxy) is 2. The Bertz CT molecular complexity index is 1080. The van der Waals surface area contributed by atoms with Gasteiger partial charge in [-0.05, 0) is 81.3 Å². The first-order valence-electron chi connectivity index (χ1n) is 12.4. The lowest BCUT2D eigenvalue weighted by Gasteiger charge is -2.55. The Balaban J connectivity index is 1.14. The van der Waals surface area contributed by atoms with Crippen molar-refractivity contribution >= 4 is 21.8 Å². The maximum absolute atomic E-state index is 13.4.